The first-order valence-electron chi connectivity index (χ1n) is 4.66. The van der Waals surface area contributed by atoms with E-state index in [0.717, 1.165) is 6.42 Å². The second kappa shape index (κ2) is 3.70. The molecular weight excluding hydrogens is 195 g/mol. The fourth-order valence-electron chi connectivity index (χ4n) is 1.75. The highest BCUT2D eigenvalue weighted by atomic mass is 19.4. The molecule has 1 aliphatic rings. The molecule has 0 spiro atoms. The predicted octanol–water partition coefficient (Wildman–Crippen LogP) is 2.08. The van der Waals surface area contributed by atoms with Crippen molar-refractivity contribution < 1.29 is 17.9 Å². The fraction of sp³-hybridized carbons (Fsp3) is 1.00. The highest BCUT2D eigenvalue weighted by Crippen LogP contribution is 2.38. The van der Waals surface area contributed by atoms with Gasteiger partial charge in [0.1, 0.15) is 6.61 Å². The molecular formula is C9H16F3NO. The monoisotopic (exact) mass is 211 g/mol. The maximum atomic E-state index is 11.9. The van der Waals surface area contributed by atoms with E-state index in [0.29, 0.717) is 6.42 Å². The van der Waals surface area contributed by atoms with Crippen LogP contribution in [-0.4, -0.2) is 24.9 Å². The van der Waals surface area contributed by atoms with Gasteiger partial charge in [0.2, 0.25) is 0 Å². The number of hydrogen-bond donors (Lipinski definition) is 1. The first-order valence-corrected chi connectivity index (χ1v) is 4.66. The number of rotatable bonds is 2. The van der Waals surface area contributed by atoms with Gasteiger partial charge in [0.15, 0.2) is 0 Å². The van der Waals surface area contributed by atoms with E-state index >= 15 is 0 Å². The normalized spacial score (nSPS) is 32.1. The Hall–Kier alpha value is -0.290. The van der Waals surface area contributed by atoms with Gasteiger partial charge in [-0.15, -0.1) is 0 Å². The van der Waals surface area contributed by atoms with Crippen LogP contribution in [0.25, 0.3) is 0 Å². The van der Waals surface area contributed by atoms with Crippen LogP contribution in [0.1, 0.15) is 26.7 Å². The summed E-state index contributed by atoms with van der Waals surface area (Å²) in [5.74, 6) is 0. The van der Waals surface area contributed by atoms with Crippen LogP contribution in [0.15, 0.2) is 0 Å². The predicted molar refractivity (Wildman–Crippen MR) is 46.8 cm³/mol. The van der Waals surface area contributed by atoms with Gasteiger partial charge in [-0.3, -0.25) is 0 Å². The second-order valence-corrected chi connectivity index (χ2v) is 4.52. The largest absolute Gasteiger partial charge is 0.411 e. The van der Waals surface area contributed by atoms with Crippen molar-refractivity contribution in [3.8, 4) is 0 Å². The van der Waals surface area contributed by atoms with Crippen molar-refractivity contribution in [2.24, 2.45) is 11.1 Å². The van der Waals surface area contributed by atoms with E-state index in [2.05, 4.69) is 0 Å². The van der Waals surface area contributed by atoms with Crippen molar-refractivity contribution in [3.05, 3.63) is 0 Å². The molecule has 0 aliphatic heterocycles. The lowest BCUT2D eigenvalue weighted by atomic mass is 9.88. The zero-order chi connectivity index (χ0) is 11.0. The van der Waals surface area contributed by atoms with Gasteiger partial charge in [-0.1, -0.05) is 13.8 Å². The molecule has 2 unspecified atom stereocenters. The van der Waals surface area contributed by atoms with Gasteiger partial charge >= 0.3 is 6.18 Å². The van der Waals surface area contributed by atoms with Crippen molar-refractivity contribution in [1.82, 2.24) is 0 Å². The van der Waals surface area contributed by atoms with E-state index in [1.807, 2.05) is 13.8 Å². The summed E-state index contributed by atoms with van der Waals surface area (Å²) >= 11 is 0. The van der Waals surface area contributed by atoms with Crippen LogP contribution in [0, 0.1) is 5.41 Å². The maximum absolute atomic E-state index is 11.9. The van der Waals surface area contributed by atoms with Crippen LogP contribution < -0.4 is 5.73 Å². The first-order chi connectivity index (χ1) is 6.22. The third kappa shape index (κ3) is 2.85. The van der Waals surface area contributed by atoms with Crippen LogP contribution >= 0.6 is 0 Å². The van der Waals surface area contributed by atoms with Gasteiger partial charge in [-0.25, -0.2) is 0 Å². The van der Waals surface area contributed by atoms with Crippen molar-refractivity contribution >= 4 is 0 Å². The van der Waals surface area contributed by atoms with Crippen LogP contribution in [0.4, 0.5) is 13.2 Å². The molecule has 0 saturated heterocycles. The Balaban J connectivity index is 2.41. The minimum absolute atomic E-state index is 0.115. The molecule has 0 aromatic carbocycles. The lowest BCUT2D eigenvalue weighted by molar-refractivity contribution is -0.186. The number of nitrogens with two attached hydrogens (primary N) is 1. The summed E-state index contributed by atoms with van der Waals surface area (Å²) in [5, 5.41) is 0. The minimum atomic E-state index is -4.26. The summed E-state index contributed by atoms with van der Waals surface area (Å²) < 4.78 is 40.4. The van der Waals surface area contributed by atoms with E-state index in [4.69, 9.17) is 10.5 Å². The van der Waals surface area contributed by atoms with Crippen LogP contribution in [-0.2, 0) is 4.74 Å². The van der Waals surface area contributed by atoms with Crippen molar-refractivity contribution in [1.29, 1.82) is 0 Å². The number of halogens is 3. The van der Waals surface area contributed by atoms with Crippen LogP contribution in [0.2, 0.25) is 0 Å². The summed E-state index contributed by atoms with van der Waals surface area (Å²) in [6.45, 7) is 2.71. The molecule has 2 nitrogen and oxygen atoms in total. The molecule has 5 heteroatoms. The summed E-state index contributed by atoms with van der Waals surface area (Å²) in [4.78, 5) is 0. The molecule has 0 bridgehead atoms. The summed E-state index contributed by atoms with van der Waals surface area (Å²) in [6, 6.07) is -0.301. The Morgan fingerprint density at radius 2 is 2.00 bits per heavy atom. The first kappa shape index (κ1) is 11.8. The van der Waals surface area contributed by atoms with Gasteiger partial charge in [0.25, 0.3) is 0 Å². The van der Waals surface area contributed by atoms with Crippen LogP contribution in [0.3, 0.4) is 0 Å². The Morgan fingerprint density at radius 1 is 1.43 bits per heavy atom. The molecule has 0 aromatic heterocycles. The molecule has 1 aliphatic carbocycles. The molecule has 1 rings (SSSR count). The fourth-order valence-corrected chi connectivity index (χ4v) is 1.75. The van der Waals surface area contributed by atoms with E-state index in [9.17, 15) is 13.2 Å². The highest BCUT2D eigenvalue weighted by Gasteiger charge is 2.41. The van der Waals surface area contributed by atoms with Crippen molar-refractivity contribution in [3.63, 3.8) is 0 Å². The van der Waals surface area contributed by atoms with E-state index in [1.54, 1.807) is 0 Å². The average molecular weight is 211 g/mol. The number of hydrogen-bond acceptors (Lipinski definition) is 2. The SMILES string of the molecule is CC1(C)CCC(OCC(F)(F)F)C1N. The van der Waals surface area contributed by atoms with Gasteiger partial charge in [-0.05, 0) is 18.3 Å². The lowest BCUT2D eigenvalue weighted by Crippen LogP contribution is -2.42. The molecule has 14 heavy (non-hydrogen) atoms. The molecule has 2 atom stereocenters. The quantitative estimate of drug-likeness (QED) is 0.759. The maximum Gasteiger partial charge on any atom is 0.411 e. The molecule has 0 radical (unpaired) electrons. The van der Waals surface area contributed by atoms with Gasteiger partial charge < -0.3 is 10.5 Å². The Labute approximate surface area is 81.6 Å². The van der Waals surface area contributed by atoms with Gasteiger partial charge in [-0.2, -0.15) is 13.2 Å². The number of alkyl halides is 3. The third-order valence-electron chi connectivity index (χ3n) is 2.84. The van der Waals surface area contributed by atoms with Gasteiger partial charge in [0.05, 0.1) is 6.10 Å². The second-order valence-electron chi connectivity index (χ2n) is 4.52. The standard InChI is InChI=1S/C9H16F3NO/c1-8(2)4-3-6(7(8)13)14-5-9(10,11)12/h6-7H,3-5,13H2,1-2H3. The van der Waals surface area contributed by atoms with Crippen LogP contribution in [0.5, 0.6) is 0 Å². The topological polar surface area (TPSA) is 35.2 Å². The molecule has 1 saturated carbocycles. The Bertz CT molecular complexity index is 203. The molecule has 0 amide bonds. The summed E-state index contributed by atoms with van der Waals surface area (Å²) in [5.41, 5.74) is 5.68. The average Bonchev–Trinajstić information content (AvgIpc) is 2.24. The number of ether oxygens (including phenoxy) is 1. The van der Waals surface area contributed by atoms with Crippen molar-refractivity contribution in [2.75, 3.05) is 6.61 Å². The molecule has 1 fully saturated rings. The Morgan fingerprint density at radius 3 is 2.36 bits per heavy atom. The summed E-state index contributed by atoms with van der Waals surface area (Å²) in [6.07, 6.45) is -3.28. The lowest BCUT2D eigenvalue weighted by Gasteiger charge is -2.26. The molecule has 2 N–H and O–H groups in total. The zero-order valence-electron chi connectivity index (χ0n) is 8.40. The van der Waals surface area contributed by atoms with E-state index in [1.165, 1.54) is 0 Å². The smallest absolute Gasteiger partial charge is 0.367 e. The van der Waals surface area contributed by atoms with E-state index < -0.39 is 18.9 Å². The van der Waals surface area contributed by atoms with E-state index in [-0.39, 0.29) is 11.5 Å². The minimum Gasteiger partial charge on any atom is -0.367 e. The molecule has 84 valence electrons. The molecule has 0 heterocycles. The van der Waals surface area contributed by atoms with Crippen molar-refractivity contribution in [2.45, 2.75) is 45.0 Å². The highest BCUT2D eigenvalue weighted by molar-refractivity contribution is 4.95. The summed E-state index contributed by atoms with van der Waals surface area (Å²) in [7, 11) is 0. The molecule has 0 aromatic rings. The zero-order valence-corrected chi connectivity index (χ0v) is 8.40. The van der Waals surface area contributed by atoms with Gasteiger partial charge in [0, 0.05) is 6.04 Å². The third-order valence-corrected chi connectivity index (χ3v) is 2.84. The Kier molecular flexibility index (Phi) is 3.11.